The third-order valence-electron chi connectivity index (χ3n) is 5.65. The maximum Gasteiger partial charge on any atom is 0.268 e. The summed E-state index contributed by atoms with van der Waals surface area (Å²) in [5, 5.41) is 0. The number of ketones is 1. The van der Waals surface area contributed by atoms with Crippen LogP contribution in [0.25, 0.3) is 0 Å². The van der Waals surface area contributed by atoms with Crippen molar-refractivity contribution < 1.29 is 26.9 Å². The molecule has 2 fully saturated rings. The lowest BCUT2D eigenvalue weighted by atomic mass is 9.70. The number of ether oxygens (including phenoxy) is 2. The summed E-state index contributed by atoms with van der Waals surface area (Å²) in [4.78, 5) is 12.4. The molecular weight excluding hydrogens is 320 g/mol. The second-order valence-electron chi connectivity index (χ2n) is 6.99. The molecule has 2 bridgehead atoms. The van der Waals surface area contributed by atoms with Gasteiger partial charge >= 0.3 is 0 Å². The van der Waals surface area contributed by atoms with Crippen molar-refractivity contribution in [3.63, 3.8) is 0 Å². The summed E-state index contributed by atoms with van der Waals surface area (Å²) in [5.41, 5.74) is -1.09. The van der Waals surface area contributed by atoms with E-state index in [9.17, 15) is 13.2 Å². The van der Waals surface area contributed by atoms with Crippen molar-refractivity contribution in [1.82, 2.24) is 0 Å². The minimum Gasteiger partial charge on any atom is -0.350 e. The lowest BCUT2D eigenvalue weighted by Gasteiger charge is -2.35. The molecule has 7 heteroatoms. The summed E-state index contributed by atoms with van der Waals surface area (Å²) in [6.07, 6.45) is 1.32. The summed E-state index contributed by atoms with van der Waals surface area (Å²) in [5.74, 6) is 0.106. The zero-order valence-corrected chi connectivity index (χ0v) is 15.3. The van der Waals surface area contributed by atoms with Crippen molar-refractivity contribution in [3.8, 4) is 0 Å². The van der Waals surface area contributed by atoms with Gasteiger partial charge in [0.25, 0.3) is 10.1 Å². The van der Waals surface area contributed by atoms with Crippen LogP contribution in [0.3, 0.4) is 0 Å². The molecule has 0 radical (unpaired) electrons. The predicted octanol–water partition coefficient (Wildman–Crippen LogP) is 2.13. The molecule has 0 aromatic heterocycles. The molecule has 0 spiro atoms. The van der Waals surface area contributed by atoms with Gasteiger partial charge < -0.3 is 9.47 Å². The van der Waals surface area contributed by atoms with E-state index in [1.807, 2.05) is 13.8 Å². The second-order valence-corrected chi connectivity index (χ2v) is 8.63. The Morgan fingerprint density at radius 2 is 1.83 bits per heavy atom. The summed E-state index contributed by atoms with van der Waals surface area (Å²) in [6, 6.07) is 0. The smallest absolute Gasteiger partial charge is 0.268 e. The van der Waals surface area contributed by atoms with Gasteiger partial charge in [-0.25, -0.2) is 0 Å². The minimum absolute atomic E-state index is 0.0668. The molecule has 2 aliphatic rings. The van der Waals surface area contributed by atoms with Crippen LogP contribution in [0.2, 0.25) is 0 Å². The van der Waals surface area contributed by atoms with Crippen LogP contribution >= 0.6 is 0 Å². The van der Waals surface area contributed by atoms with Gasteiger partial charge in [0, 0.05) is 19.6 Å². The Labute approximate surface area is 139 Å². The van der Waals surface area contributed by atoms with Crippen LogP contribution in [0.1, 0.15) is 47.0 Å². The number of hydrogen-bond donors (Lipinski definition) is 0. The molecule has 23 heavy (non-hydrogen) atoms. The SMILES string of the molecule is CCOC(COS(=O)(=O)C[C@]12CCC(CC1=O)C2(C)C)OCC. The highest BCUT2D eigenvalue weighted by Gasteiger charge is 2.65. The fourth-order valence-electron chi connectivity index (χ4n) is 4.13. The maximum atomic E-state index is 12.4. The average molecular weight is 348 g/mol. The Morgan fingerprint density at radius 1 is 1.22 bits per heavy atom. The lowest BCUT2D eigenvalue weighted by molar-refractivity contribution is -0.151. The fraction of sp³-hybridized carbons (Fsp3) is 0.938. The first-order chi connectivity index (χ1) is 10.7. The highest BCUT2D eigenvalue weighted by Crippen LogP contribution is 2.64. The normalized spacial score (nSPS) is 29.6. The van der Waals surface area contributed by atoms with Crippen molar-refractivity contribution in [2.45, 2.75) is 53.2 Å². The maximum absolute atomic E-state index is 12.4. The molecule has 0 heterocycles. The van der Waals surface area contributed by atoms with Gasteiger partial charge in [0.15, 0.2) is 6.29 Å². The summed E-state index contributed by atoms with van der Waals surface area (Å²) in [7, 11) is -3.83. The van der Waals surface area contributed by atoms with Crippen molar-refractivity contribution in [3.05, 3.63) is 0 Å². The van der Waals surface area contributed by atoms with Gasteiger partial charge in [-0.3, -0.25) is 8.98 Å². The first kappa shape index (κ1) is 18.8. The van der Waals surface area contributed by atoms with Crippen molar-refractivity contribution in [2.24, 2.45) is 16.7 Å². The molecule has 0 N–H and O–H groups in total. The third-order valence-corrected chi connectivity index (χ3v) is 6.99. The zero-order valence-electron chi connectivity index (χ0n) is 14.5. The topological polar surface area (TPSA) is 78.9 Å². The highest BCUT2D eigenvalue weighted by atomic mass is 32.2. The Kier molecular flexibility index (Phi) is 5.55. The van der Waals surface area contributed by atoms with Crippen LogP contribution in [-0.2, 0) is 28.6 Å². The van der Waals surface area contributed by atoms with Gasteiger partial charge in [-0.15, -0.1) is 0 Å². The van der Waals surface area contributed by atoms with Gasteiger partial charge in [-0.1, -0.05) is 13.8 Å². The number of hydrogen-bond acceptors (Lipinski definition) is 6. The van der Waals surface area contributed by atoms with Crippen molar-refractivity contribution >= 4 is 15.9 Å². The average Bonchev–Trinajstić information content (AvgIpc) is 2.79. The molecular formula is C16H28O6S. The highest BCUT2D eigenvalue weighted by molar-refractivity contribution is 7.86. The van der Waals surface area contributed by atoms with Gasteiger partial charge in [0.05, 0.1) is 11.2 Å². The fourth-order valence-corrected chi connectivity index (χ4v) is 5.81. The summed E-state index contributed by atoms with van der Waals surface area (Å²) >= 11 is 0. The molecule has 0 saturated heterocycles. The summed E-state index contributed by atoms with van der Waals surface area (Å²) < 4.78 is 40.6. The lowest BCUT2D eigenvalue weighted by Crippen LogP contribution is -2.43. The van der Waals surface area contributed by atoms with E-state index in [1.54, 1.807) is 13.8 Å². The van der Waals surface area contributed by atoms with Crippen LogP contribution in [0.5, 0.6) is 0 Å². The molecule has 2 atom stereocenters. The molecule has 2 aliphatic carbocycles. The third kappa shape index (κ3) is 3.48. The Morgan fingerprint density at radius 3 is 2.26 bits per heavy atom. The molecule has 0 aliphatic heterocycles. The quantitative estimate of drug-likeness (QED) is 0.469. The van der Waals surface area contributed by atoms with Crippen LogP contribution in [0.15, 0.2) is 0 Å². The van der Waals surface area contributed by atoms with Gasteiger partial charge in [-0.2, -0.15) is 8.42 Å². The monoisotopic (exact) mass is 348 g/mol. The number of carbonyl (C=O) groups is 1. The molecule has 0 aromatic rings. The number of Topliss-reactive ketones (excluding diaryl/α,β-unsaturated/α-hetero) is 1. The molecule has 2 saturated carbocycles. The van der Waals surface area contributed by atoms with Crippen LogP contribution in [-0.4, -0.2) is 46.1 Å². The van der Waals surface area contributed by atoms with E-state index in [-0.39, 0.29) is 29.5 Å². The minimum atomic E-state index is -3.83. The van der Waals surface area contributed by atoms with Crippen LogP contribution in [0.4, 0.5) is 0 Å². The second kappa shape index (κ2) is 6.78. The summed E-state index contributed by atoms with van der Waals surface area (Å²) in [6.45, 7) is 8.26. The van der Waals surface area contributed by atoms with Gasteiger partial charge in [-0.05, 0) is 38.0 Å². The number of fused-ring (bicyclic) bond motifs is 2. The van der Waals surface area contributed by atoms with E-state index in [1.165, 1.54) is 0 Å². The Bertz CT molecular complexity index is 535. The largest absolute Gasteiger partial charge is 0.350 e. The van der Waals surface area contributed by atoms with Gasteiger partial charge in [0.1, 0.15) is 12.4 Å². The van der Waals surface area contributed by atoms with Gasteiger partial charge in [0.2, 0.25) is 0 Å². The molecule has 0 aromatic carbocycles. The van der Waals surface area contributed by atoms with E-state index in [4.69, 9.17) is 13.7 Å². The van der Waals surface area contributed by atoms with Crippen molar-refractivity contribution in [1.29, 1.82) is 0 Å². The van der Waals surface area contributed by atoms with E-state index >= 15 is 0 Å². The standard InChI is InChI=1S/C16H28O6S/c1-5-20-14(21-6-2)10-22-23(18,19)11-16-8-7-12(9-13(16)17)15(16,3)4/h12,14H,5-11H2,1-4H3/t12?,16-/m1/s1. The first-order valence-electron chi connectivity index (χ1n) is 8.32. The first-order valence-corrected chi connectivity index (χ1v) is 9.90. The number of carbonyl (C=O) groups excluding carboxylic acids is 1. The van der Waals surface area contributed by atoms with Crippen LogP contribution in [0, 0.1) is 16.7 Å². The molecule has 0 amide bonds. The van der Waals surface area contributed by atoms with E-state index in [2.05, 4.69) is 0 Å². The molecule has 134 valence electrons. The predicted molar refractivity (Wildman–Crippen MR) is 85.3 cm³/mol. The zero-order chi connectivity index (χ0) is 17.3. The Hall–Kier alpha value is -0.500. The van der Waals surface area contributed by atoms with E-state index in [0.29, 0.717) is 26.1 Å². The van der Waals surface area contributed by atoms with E-state index < -0.39 is 21.8 Å². The van der Waals surface area contributed by atoms with Crippen LogP contribution < -0.4 is 0 Å². The molecule has 1 unspecified atom stereocenters. The number of rotatable bonds is 9. The van der Waals surface area contributed by atoms with Crippen molar-refractivity contribution in [2.75, 3.05) is 25.6 Å². The molecule has 2 rings (SSSR count). The van der Waals surface area contributed by atoms with E-state index in [0.717, 1.165) is 6.42 Å². The Balaban J connectivity index is 2.05. The molecule has 6 nitrogen and oxygen atoms in total.